The first-order chi connectivity index (χ1) is 16.1. The molecule has 1 N–H and O–H groups in total. The first-order valence-corrected chi connectivity index (χ1v) is 10.4. The summed E-state index contributed by atoms with van der Waals surface area (Å²) in [6.45, 7) is 4.02. The molecule has 0 atom stereocenters. The van der Waals surface area contributed by atoms with E-state index in [0.29, 0.717) is 45.4 Å². The molecular formula is C24H20N6O3. The molecule has 164 valence electrons. The quantitative estimate of drug-likeness (QED) is 0.391. The predicted octanol–water partition coefficient (Wildman–Crippen LogP) is 5.11. The van der Waals surface area contributed by atoms with Crippen LogP contribution in [0.3, 0.4) is 0 Å². The molecule has 5 rings (SSSR count). The van der Waals surface area contributed by atoms with Gasteiger partial charge in [0.1, 0.15) is 11.4 Å². The highest BCUT2D eigenvalue weighted by atomic mass is 16.5. The Morgan fingerprint density at radius 2 is 2.03 bits per heavy atom. The van der Waals surface area contributed by atoms with Crippen molar-refractivity contribution in [3.05, 3.63) is 79.1 Å². The van der Waals surface area contributed by atoms with Gasteiger partial charge in [0.15, 0.2) is 11.4 Å². The highest BCUT2D eigenvalue weighted by Crippen LogP contribution is 2.28. The van der Waals surface area contributed by atoms with E-state index in [4.69, 9.17) is 14.1 Å². The average Bonchev–Trinajstić information content (AvgIpc) is 3.49. The fraction of sp³-hybridized carbons (Fsp3) is 0.125. The molecule has 0 unspecified atom stereocenters. The van der Waals surface area contributed by atoms with E-state index in [9.17, 15) is 4.79 Å². The number of furan rings is 1. The van der Waals surface area contributed by atoms with Crippen molar-refractivity contribution in [3.8, 4) is 23.1 Å². The van der Waals surface area contributed by atoms with E-state index < -0.39 is 0 Å². The number of carbonyl (C=O) groups excluding carboxylic acids is 1. The zero-order valence-corrected chi connectivity index (χ0v) is 18.0. The van der Waals surface area contributed by atoms with Gasteiger partial charge in [0.25, 0.3) is 5.91 Å². The van der Waals surface area contributed by atoms with Crippen molar-refractivity contribution in [1.82, 2.24) is 24.7 Å². The summed E-state index contributed by atoms with van der Waals surface area (Å²) in [4.78, 5) is 26.1. The first kappa shape index (κ1) is 20.4. The van der Waals surface area contributed by atoms with Gasteiger partial charge in [-0.1, -0.05) is 6.07 Å². The lowest BCUT2D eigenvalue weighted by Crippen LogP contribution is -2.13. The van der Waals surface area contributed by atoms with Crippen molar-refractivity contribution in [1.29, 1.82) is 0 Å². The summed E-state index contributed by atoms with van der Waals surface area (Å²) in [5.41, 5.74) is 2.18. The molecule has 4 aromatic heterocycles. The van der Waals surface area contributed by atoms with Crippen LogP contribution in [0.2, 0.25) is 0 Å². The molecule has 1 aromatic carbocycles. The van der Waals surface area contributed by atoms with Crippen LogP contribution in [0, 0.1) is 0 Å². The van der Waals surface area contributed by atoms with Crippen LogP contribution in [0.25, 0.3) is 22.5 Å². The molecule has 0 aliphatic carbocycles. The standard InChI is InChI=1S/C24H20N6O3/c1-15(2)30-23-19(13-27-30)18(12-20(29-23)21-7-4-10-32-21)24(31)28-16-5-3-6-17(11-16)33-22-14-25-8-9-26-22/h3-15H,1-2H3,(H,28,31). The number of nitrogens with one attached hydrogen (secondary N) is 1. The Balaban J connectivity index is 1.49. The Hall–Kier alpha value is -4.53. The molecule has 0 aliphatic heterocycles. The highest BCUT2D eigenvalue weighted by Gasteiger charge is 2.19. The Morgan fingerprint density at radius 3 is 2.79 bits per heavy atom. The molecule has 0 saturated heterocycles. The van der Waals surface area contributed by atoms with E-state index in [0.717, 1.165) is 0 Å². The molecular weight excluding hydrogens is 420 g/mol. The number of carbonyl (C=O) groups is 1. The summed E-state index contributed by atoms with van der Waals surface area (Å²) in [6.07, 6.45) is 7.86. The third kappa shape index (κ3) is 4.16. The van der Waals surface area contributed by atoms with E-state index in [-0.39, 0.29) is 11.9 Å². The van der Waals surface area contributed by atoms with Crippen LogP contribution in [0.1, 0.15) is 30.2 Å². The predicted molar refractivity (Wildman–Crippen MR) is 122 cm³/mol. The average molecular weight is 440 g/mol. The normalized spacial score (nSPS) is 11.1. The van der Waals surface area contributed by atoms with Crippen molar-refractivity contribution in [2.75, 3.05) is 5.32 Å². The molecule has 9 heteroatoms. The summed E-state index contributed by atoms with van der Waals surface area (Å²) in [6, 6.07) is 12.4. The van der Waals surface area contributed by atoms with Crippen LogP contribution in [-0.2, 0) is 0 Å². The van der Waals surface area contributed by atoms with Crippen molar-refractivity contribution in [2.24, 2.45) is 0 Å². The zero-order chi connectivity index (χ0) is 22.8. The smallest absolute Gasteiger partial charge is 0.256 e. The second-order valence-corrected chi connectivity index (χ2v) is 7.58. The van der Waals surface area contributed by atoms with Crippen molar-refractivity contribution >= 4 is 22.6 Å². The van der Waals surface area contributed by atoms with Crippen LogP contribution >= 0.6 is 0 Å². The van der Waals surface area contributed by atoms with Gasteiger partial charge in [-0.25, -0.2) is 14.6 Å². The summed E-state index contributed by atoms with van der Waals surface area (Å²) in [5, 5.41) is 8.03. The lowest BCUT2D eigenvalue weighted by molar-refractivity contribution is 0.102. The molecule has 0 bridgehead atoms. The number of aromatic nitrogens is 5. The number of hydrogen-bond donors (Lipinski definition) is 1. The van der Waals surface area contributed by atoms with E-state index in [1.54, 1.807) is 72.0 Å². The number of rotatable bonds is 6. The van der Waals surface area contributed by atoms with Gasteiger partial charge in [-0.15, -0.1) is 0 Å². The van der Waals surface area contributed by atoms with Gasteiger partial charge >= 0.3 is 0 Å². The number of nitrogens with zero attached hydrogens (tertiary/aromatic N) is 5. The Labute approximate surface area is 189 Å². The lowest BCUT2D eigenvalue weighted by atomic mass is 10.1. The third-order valence-corrected chi connectivity index (χ3v) is 4.93. The number of pyridine rings is 1. The summed E-state index contributed by atoms with van der Waals surface area (Å²) in [7, 11) is 0. The Kier molecular flexibility index (Phi) is 5.27. The monoisotopic (exact) mass is 440 g/mol. The minimum atomic E-state index is -0.296. The topological polar surface area (TPSA) is 108 Å². The SMILES string of the molecule is CC(C)n1ncc2c(C(=O)Nc3cccc(Oc4cnccn4)c3)cc(-c3ccco3)nc21. The summed E-state index contributed by atoms with van der Waals surface area (Å²) < 4.78 is 13.0. The van der Waals surface area contributed by atoms with Crippen LogP contribution < -0.4 is 10.1 Å². The van der Waals surface area contributed by atoms with Crippen molar-refractivity contribution in [2.45, 2.75) is 19.9 Å². The van der Waals surface area contributed by atoms with E-state index in [1.807, 2.05) is 13.8 Å². The maximum atomic E-state index is 13.3. The number of anilines is 1. The highest BCUT2D eigenvalue weighted by molar-refractivity contribution is 6.12. The number of fused-ring (bicyclic) bond motifs is 1. The van der Waals surface area contributed by atoms with Gasteiger partial charge in [0, 0.05) is 30.2 Å². The molecule has 4 heterocycles. The fourth-order valence-electron chi connectivity index (χ4n) is 3.43. The minimum absolute atomic E-state index is 0.0766. The lowest BCUT2D eigenvalue weighted by Gasteiger charge is -2.11. The summed E-state index contributed by atoms with van der Waals surface area (Å²) in [5.74, 6) is 1.16. The van der Waals surface area contributed by atoms with Crippen LogP contribution in [0.5, 0.6) is 11.6 Å². The molecule has 0 saturated carbocycles. The maximum Gasteiger partial charge on any atom is 0.256 e. The zero-order valence-electron chi connectivity index (χ0n) is 18.0. The van der Waals surface area contributed by atoms with Crippen molar-refractivity contribution in [3.63, 3.8) is 0 Å². The van der Waals surface area contributed by atoms with E-state index in [2.05, 4.69) is 20.4 Å². The van der Waals surface area contributed by atoms with Gasteiger partial charge in [-0.3, -0.25) is 9.78 Å². The number of ether oxygens (including phenoxy) is 1. The number of benzene rings is 1. The van der Waals surface area contributed by atoms with Gasteiger partial charge in [0.2, 0.25) is 5.88 Å². The molecule has 1 amide bonds. The van der Waals surface area contributed by atoms with Gasteiger partial charge < -0.3 is 14.5 Å². The molecule has 0 radical (unpaired) electrons. The van der Waals surface area contributed by atoms with Crippen LogP contribution in [0.15, 0.2) is 77.9 Å². The molecule has 33 heavy (non-hydrogen) atoms. The van der Waals surface area contributed by atoms with Gasteiger partial charge in [0.05, 0.1) is 29.6 Å². The maximum absolute atomic E-state index is 13.3. The molecule has 9 nitrogen and oxygen atoms in total. The second-order valence-electron chi connectivity index (χ2n) is 7.58. The van der Waals surface area contributed by atoms with Crippen LogP contribution in [0.4, 0.5) is 5.69 Å². The third-order valence-electron chi connectivity index (χ3n) is 4.93. The van der Waals surface area contributed by atoms with Gasteiger partial charge in [-0.05, 0) is 44.2 Å². The fourth-order valence-corrected chi connectivity index (χ4v) is 3.43. The van der Waals surface area contributed by atoms with Gasteiger partial charge in [-0.2, -0.15) is 5.10 Å². The Bertz CT molecular complexity index is 1410. The van der Waals surface area contributed by atoms with E-state index in [1.165, 1.54) is 6.20 Å². The Morgan fingerprint density at radius 1 is 1.12 bits per heavy atom. The first-order valence-electron chi connectivity index (χ1n) is 10.4. The molecule has 0 fully saturated rings. The van der Waals surface area contributed by atoms with Crippen LogP contribution in [-0.4, -0.2) is 30.6 Å². The van der Waals surface area contributed by atoms with E-state index >= 15 is 0 Å². The second kappa shape index (κ2) is 8.54. The largest absolute Gasteiger partial charge is 0.463 e. The molecule has 0 aliphatic rings. The number of hydrogen-bond acceptors (Lipinski definition) is 7. The number of amides is 1. The van der Waals surface area contributed by atoms with Crippen molar-refractivity contribution < 1.29 is 13.9 Å². The summed E-state index contributed by atoms with van der Waals surface area (Å²) >= 11 is 0. The molecule has 5 aromatic rings. The molecule has 0 spiro atoms. The minimum Gasteiger partial charge on any atom is -0.463 e.